The number of amides is 1. The molecule has 3 aromatic heterocycles. The minimum absolute atomic E-state index is 0.126. The summed E-state index contributed by atoms with van der Waals surface area (Å²) in [5, 5.41) is 9.10. The Labute approximate surface area is 200 Å². The molecule has 2 N–H and O–H groups in total. The monoisotopic (exact) mass is 458 g/mol. The lowest BCUT2D eigenvalue weighted by Gasteiger charge is -2.36. The molecule has 4 aromatic rings. The number of hydrogen-bond donors (Lipinski definition) is 2. The number of carbonyl (C=O) groups excluding carboxylic acids is 1. The van der Waals surface area contributed by atoms with Gasteiger partial charge < -0.3 is 15.2 Å². The third-order valence-corrected chi connectivity index (χ3v) is 7.49. The van der Waals surface area contributed by atoms with Crippen LogP contribution in [0, 0.1) is 13.8 Å². The van der Waals surface area contributed by atoms with E-state index >= 15 is 0 Å². The van der Waals surface area contributed by atoms with Crippen LogP contribution in [0.15, 0.2) is 30.7 Å². The minimum Gasteiger partial charge on any atom is -0.354 e. The van der Waals surface area contributed by atoms with Gasteiger partial charge in [-0.2, -0.15) is 5.10 Å². The molecule has 5 rings (SSSR count). The highest BCUT2D eigenvalue weighted by Crippen LogP contribution is 2.42. The van der Waals surface area contributed by atoms with Crippen LogP contribution in [0.4, 0.5) is 0 Å². The number of aryl methyl sites for hydroxylation is 1. The smallest absolute Gasteiger partial charge is 0.236 e. The molecule has 0 bridgehead atoms. The molecule has 0 radical (unpaired) electrons. The number of H-pyrrole nitrogens is 1. The predicted molar refractivity (Wildman–Crippen MR) is 136 cm³/mol. The van der Waals surface area contributed by atoms with Crippen molar-refractivity contribution >= 4 is 22.5 Å². The van der Waals surface area contributed by atoms with Crippen molar-refractivity contribution in [3.63, 3.8) is 0 Å². The van der Waals surface area contributed by atoms with Gasteiger partial charge in [0.1, 0.15) is 6.33 Å². The van der Waals surface area contributed by atoms with Gasteiger partial charge in [-0.05, 0) is 72.9 Å². The molecular formula is C27H34N6O. The molecule has 0 unspecified atom stereocenters. The lowest BCUT2D eigenvalue weighted by atomic mass is 9.75. The van der Waals surface area contributed by atoms with Crippen LogP contribution < -0.4 is 5.32 Å². The molecule has 1 aliphatic carbocycles. The molecule has 1 amide bonds. The van der Waals surface area contributed by atoms with E-state index in [4.69, 9.17) is 0 Å². The lowest BCUT2D eigenvalue weighted by Crippen LogP contribution is -2.44. The highest BCUT2D eigenvalue weighted by atomic mass is 16.2. The number of aromatic amines is 1. The molecule has 7 heteroatoms. The van der Waals surface area contributed by atoms with Gasteiger partial charge in [-0.1, -0.05) is 19.9 Å². The van der Waals surface area contributed by atoms with E-state index in [1.165, 1.54) is 38.9 Å². The summed E-state index contributed by atoms with van der Waals surface area (Å²) in [7, 11) is 3.60. The maximum absolute atomic E-state index is 11.9. The molecule has 1 fully saturated rings. The average molecular weight is 459 g/mol. The first-order valence-electron chi connectivity index (χ1n) is 12.1. The molecule has 3 heterocycles. The maximum atomic E-state index is 11.9. The molecule has 7 nitrogen and oxygen atoms in total. The second-order valence-corrected chi connectivity index (χ2v) is 10.2. The number of rotatable bonds is 6. The molecule has 0 spiro atoms. The van der Waals surface area contributed by atoms with Gasteiger partial charge >= 0.3 is 0 Å². The summed E-state index contributed by atoms with van der Waals surface area (Å²) >= 11 is 0. The van der Waals surface area contributed by atoms with Crippen molar-refractivity contribution in [3.05, 3.63) is 53.0 Å². The van der Waals surface area contributed by atoms with E-state index in [9.17, 15) is 4.79 Å². The van der Waals surface area contributed by atoms with Crippen molar-refractivity contribution in [1.29, 1.82) is 0 Å². The van der Waals surface area contributed by atoms with Crippen molar-refractivity contribution in [2.45, 2.75) is 58.4 Å². The first-order chi connectivity index (χ1) is 16.2. The number of pyridine rings is 1. The van der Waals surface area contributed by atoms with Crippen molar-refractivity contribution in [2.75, 3.05) is 20.6 Å². The Morgan fingerprint density at radius 1 is 1.24 bits per heavy atom. The normalized spacial score (nSPS) is 18.1. The molecule has 1 saturated carbocycles. The first-order valence-corrected chi connectivity index (χ1v) is 12.1. The highest BCUT2D eigenvalue weighted by molar-refractivity contribution is 5.92. The molecule has 0 saturated heterocycles. The van der Waals surface area contributed by atoms with Gasteiger partial charge in [0.05, 0.1) is 12.2 Å². The third kappa shape index (κ3) is 3.78. The number of benzene rings is 1. The van der Waals surface area contributed by atoms with E-state index in [0.29, 0.717) is 24.4 Å². The molecule has 0 atom stereocenters. The summed E-state index contributed by atoms with van der Waals surface area (Å²) in [6, 6.07) is 7.28. The largest absolute Gasteiger partial charge is 0.354 e. The fourth-order valence-corrected chi connectivity index (χ4v) is 5.20. The van der Waals surface area contributed by atoms with Gasteiger partial charge in [0.2, 0.25) is 5.91 Å². The molecule has 178 valence electrons. The summed E-state index contributed by atoms with van der Waals surface area (Å²) < 4.78 is 1.88. The summed E-state index contributed by atoms with van der Waals surface area (Å²) in [4.78, 5) is 21.6. The second-order valence-electron chi connectivity index (χ2n) is 10.2. The maximum Gasteiger partial charge on any atom is 0.236 e. The Balaban J connectivity index is 1.46. The van der Waals surface area contributed by atoms with Gasteiger partial charge in [0, 0.05) is 42.8 Å². The number of nitrogens with one attached hydrogen (secondary N) is 2. The zero-order chi connectivity index (χ0) is 24.1. The first kappa shape index (κ1) is 22.6. The fraction of sp³-hybridized carbons (Fsp3) is 0.444. The molecular weight excluding hydrogens is 424 g/mol. The van der Waals surface area contributed by atoms with E-state index in [1.54, 1.807) is 25.3 Å². The molecule has 1 aliphatic rings. The van der Waals surface area contributed by atoms with E-state index in [0.717, 1.165) is 24.1 Å². The van der Waals surface area contributed by atoms with Crippen LogP contribution in [0.25, 0.3) is 27.8 Å². The average Bonchev–Trinajstić information content (AvgIpc) is 3.39. The Bertz CT molecular complexity index is 1370. The zero-order valence-electron chi connectivity index (χ0n) is 20.9. The summed E-state index contributed by atoms with van der Waals surface area (Å²) in [6.07, 6.45) is 5.85. The molecule has 34 heavy (non-hydrogen) atoms. The number of aromatic nitrogens is 4. The minimum atomic E-state index is 0.126. The highest BCUT2D eigenvalue weighted by Gasteiger charge is 2.31. The van der Waals surface area contributed by atoms with E-state index in [2.05, 4.69) is 72.5 Å². The van der Waals surface area contributed by atoms with Crippen LogP contribution in [0.1, 0.15) is 60.8 Å². The number of likely N-dealkylation sites (N-methyl/N-ethyl adjacent to an activating group) is 1. The predicted octanol–water partition coefficient (Wildman–Crippen LogP) is 4.54. The number of carbonyl (C=O) groups is 1. The van der Waals surface area contributed by atoms with Gasteiger partial charge in [0.15, 0.2) is 5.65 Å². The van der Waals surface area contributed by atoms with Gasteiger partial charge in [0.25, 0.3) is 0 Å². The van der Waals surface area contributed by atoms with Crippen molar-refractivity contribution in [1.82, 2.24) is 29.8 Å². The Morgan fingerprint density at radius 2 is 2.00 bits per heavy atom. The van der Waals surface area contributed by atoms with Crippen LogP contribution >= 0.6 is 0 Å². The number of hydrogen-bond acceptors (Lipinski definition) is 4. The topological polar surface area (TPSA) is 78.3 Å². The Kier molecular flexibility index (Phi) is 5.68. The quantitative estimate of drug-likeness (QED) is 0.445. The lowest BCUT2D eigenvalue weighted by molar-refractivity contribution is -0.128. The second kappa shape index (κ2) is 8.55. The van der Waals surface area contributed by atoms with Crippen LogP contribution in [-0.2, 0) is 4.79 Å². The van der Waals surface area contributed by atoms with Gasteiger partial charge in [-0.3, -0.25) is 4.79 Å². The fourth-order valence-electron chi connectivity index (χ4n) is 5.20. The summed E-state index contributed by atoms with van der Waals surface area (Å²) in [5.74, 6) is 1.03. The van der Waals surface area contributed by atoms with E-state index < -0.39 is 0 Å². The summed E-state index contributed by atoms with van der Waals surface area (Å²) in [5.41, 5.74) is 9.56. The Hall–Kier alpha value is -3.19. The van der Waals surface area contributed by atoms with Crippen LogP contribution in [0.3, 0.4) is 0 Å². The van der Waals surface area contributed by atoms with Crippen molar-refractivity contribution < 1.29 is 4.79 Å². The third-order valence-electron chi connectivity index (χ3n) is 7.49. The van der Waals surface area contributed by atoms with E-state index in [-0.39, 0.29) is 5.91 Å². The number of fused-ring (bicyclic) bond motifs is 2. The molecule has 0 aliphatic heterocycles. The van der Waals surface area contributed by atoms with Crippen molar-refractivity contribution in [2.24, 2.45) is 0 Å². The van der Waals surface area contributed by atoms with Crippen LogP contribution in [0.5, 0.6) is 0 Å². The van der Waals surface area contributed by atoms with Gasteiger partial charge in [-0.25, -0.2) is 9.50 Å². The zero-order valence-corrected chi connectivity index (χ0v) is 20.9. The summed E-state index contributed by atoms with van der Waals surface area (Å²) in [6.45, 7) is 9.23. The Morgan fingerprint density at radius 3 is 2.71 bits per heavy atom. The van der Waals surface area contributed by atoms with E-state index in [1.807, 2.05) is 4.52 Å². The molecule has 1 aromatic carbocycles. The number of nitrogens with zero attached hydrogens (tertiary/aromatic N) is 4. The SMILES string of the molecule is Cc1c(-c2[nH]c3ccc(C4CC(NCC(=O)N(C)C)C4)cc3c2C(C)C)cn2ncnc2c1C. The van der Waals surface area contributed by atoms with Crippen LogP contribution in [-0.4, -0.2) is 57.1 Å². The standard InChI is InChI=1S/C27H34N6O/c1-15(2)25-21-11-18(19-9-20(10-19)28-12-24(34)32(5)6)7-8-23(21)31-26(25)22-13-33-27(29-14-30-33)17(4)16(22)3/h7-8,11,13-15,19-20,28,31H,9-10,12H2,1-6H3. The van der Waals surface area contributed by atoms with Crippen LogP contribution in [0.2, 0.25) is 0 Å². The van der Waals surface area contributed by atoms with Crippen molar-refractivity contribution in [3.8, 4) is 11.3 Å². The van der Waals surface area contributed by atoms with Gasteiger partial charge in [-0.15, -0.1) is 0 Å².